The number of carbonyl (C=O) groups excluding carboxylic acids is 1. The maximum atomic E-state index is 12.7. The third-order valence-corrected chi connectivity index (χ3v) is 10.3. The summed E-state index contributed by atoms with van der Waals surface area (Å²) in [6.45, 7) is 7.76. The van der Waals surface area contributed by atoms with Crippen LogP contribution in [0.5, 0.6) is 5.75 Å². The number of carbonyl (C=O) groups is 1. The third kappa shape index (κ3) is 4.91. The highest BCUT2D eigenvalue weighted by Crippen LogP contribution is 2.61. The molecule has 0 N–H and O–H groups in total. The van der Waals surface area contributed by atoms with Gasteiger partial charge in [-0.05, 0) is 85.7 Å². The number of aryl methyl sites for hydroxylation is 2. The lowest BCUT2D eigenvalue weighted by atomic mass is 9.98. The van der Waals surface area contributed by atoms with E-state index < -0.39 is 16.5 Å². The molecule has 0 aliphatic carbocycles. The number of thiol groups is 1. The van der Waals surface area contributed by atoms with Crippen LogP contribution in [0, 0.1) is 13.8 Å². The number of hydrogen-bond acceptors (Lipinski definition) is 4. The summed E-state index contributed by atoms with van der Waals surface area (Å²) >= 11 is 1.85. The molecule has 0 spiro atoms. The molecule has 0 bridgehead atoms. The standard InChI is InChI=1S/C31H30O3S2/c1-21-18-24(36-27-16-10-8-14-25(27)35-26-15-9-11-17-28(26)36)19-22(2)30(21)33-20-29(32)34-31(3,4)23-12-6-5-7-13-23/h5-19,36H,20H2,1-4H3. The quantitative estimate of drug-likeness (QED) is 0.183. The van der Waals surface area contributed by atoms with Crippen LogP contribution < -0.4 is 4.74 Å². The van der Waals surface area contributed by atoms with Crippen LogP contribution in [-0.2, 0) is 15.1 Å². The smallest absolute Gasteiger partial charge is 0.345 e. The highest BCUT2D eigenvalue weighted by molar-refractivity contribution is 8.18. The minimum atomic E-state index is -0.724. The molecule has 0 aromatic heterocycles. The molecular weight excluding hydrogens is 484 g/mol. The summed E-state index contributed by atoms with van der Waals surface area (Å²) < 4.78 is 11.8. The summed E-state index contributed by atoms with van der Waals surface area (Å²) in [5, 5.41) is 0. The molecule has 0 fully saturated rings. The van der Waals surface area contributed by atoms with Gasteiger partial charge < -0.3 is 9.47 Å². The molecule has 4 aromatic rings. The number of rotatable bonds is 6. The van der Waals surface area contributed by atoms with Crippen molar-refractivity contribution in [3.63, 3.8) is 0 Å². The van der Waals surface area contributed by atoms with Crippen LogP contribution in [0.4, 0.5) is 0 Å². The van der Waals surface area contributed by atoms with Crippen LogP contribution in [0.1, 0.15) is 30.5 Å². The van der Waals surface area contributed by atoms with Crippen molar-refractivity contribution >= 4 is 28.6 Å². The average molecular weight is 515 g/mol. The van der Waals surface area contributed by atoms with Gasteiger partial charge in [0, 0.05) is 19.6 Å². The summed E-state index contributed by atoms with van der Waals surface area (Å²) in [5.74, 6) is 0.361. The van der Waals surface area contributed by atoms with Crippen molar-refractivity contribution in [1.29, 1.82) is 0 Å². The van der Waals surface area contributed by atoms with Crippen molar-refractivity contribution in [2.24, 2.45) is 0 Å². The third-order valence-electron chi connectivity index (χ3n) is 6.31. The molecule has 0 atom stereocenters. The van der Waals surface area contributed by atoms with Crippen LogP contribution in [0.2, 0.25) is 0 Å². The Bertz CT molecular complexity index is 1340. The van der Waals surface area contributed by atoms with Crippen molar-refractivity contribution < 1.29 is 14.3 Å². The molecule has 1 aliphatic heterocycles. The van der Waals surface area contributed by atoms with E-state index in [0.29, 0.717) is 0 Å². The van der Waals surface area contributed by atoms with E-state index in [2.05, 4.69) is 74.5 Å². The Hall–Kier alpha value is -3.15. The van der Waals surface area contributed by atoms with Gasteiger partial charge in [0.15, 0.2) is 6.61 Å². The number of ether oxygens (including phenoxy) is 2. The summed E-state index contributed by atoms with van der Waals surface area (Å²) in [6, 6.07) is 31.6. The van der Waals surface area contributed by atoms with Gasteiger partial charge in [-0.15, -0.1) is 0 Å². The molecule has 0 saturated heterocycles. The molecule has 1 aliphatic rings. The highest BCUT2D eigenvalue weighted by Gasteiger charge is 2.27. The first-order valence-corrected chi connectivity index (χ1v) is 14.2. The molecule has 36 heavy (non-hydrogen) atoms. The Morgan fingerprint density at radius 1 is 0.806 bits per heavy atom. The molecule has 0 saturated carbocycles. The molecule has 4 aromatic carbocycles. The van der Waals surface area contributed by atoms with E-state index in [1.165, 1.54) is 24.5 Å². The average Bonchev–Trinajstić information content (AvgIpc) is 2.87. The summed E-state index contributed by atoms with van der Waals surface area (Å²) in [4.78, 5) is 19.4. The summed E-state index contributed by atoms with van der Waals surface area (Å²) in [6.07, 6.45) is 0. The first-order chi connectivity index (χ1) is 17.3. The Labute approximate surface area is 220 Å². The molecule has 0 unspecified atom stereocenters. The van der Waals surface area contributed by atoms with Crippen molar-refractivity contribution in [3.05, 3.63) is 108 Å². The minimum absolute atomic E-state index is 0.131. The van der Waals surface area contributed by atoms with E-state index in [1.807, 2.05) is 55.9 Å². The number of hydrogen-bond donors (Lipinski definition) is 1. The SMILES string of the molecule is Cc1cc([SH]2c3ccccc3Sc3ccccc32)cc(C)c1OCC(=O)OC(C)(C)c1ccccc1. The normalized spacial score (nSPS) is 13.5. The van der Waals surface area contributed by atoms with Gasteiger partial charge >= 0.3 is 5.97 Å². The highest BCUT2D eigenvalue weighted by atomic mass is 32.2. The first kappa shape index (κ1) is 24.5. The zero-order valence-electron chi connectivity index (χ0n) is 20.9. The topological polar surface area (TPSA) is 35.5 Å². The van der Waals surface area contributed by atoms with Crippen LogP contribution in [0.3, 0.4) is 0 Å². The van der Waals surface area contributed by atoms with E-state index in [0.717, 1.165) is 22.4 Å². The van der Waals surface area contributed by atoms with Gasteiger partial charge in [0.25, 0.3) is 0 Å². The Kier molecular flexibility index (Phi) is 6.87. The number of fused-ring (bicyclic) bond motifs is 2. The maximum absolute atomic E-state index is 12.7. The number of esters is 1. The van der Waals surface area contributed by atoms with Crippen molar-refractivity contribution in [3.8, 4) is 5.75 Å². The summed E-state index contributed by atoms with van der Waals surface area (Å²) in [5.41, 5.74) is 2.27. The van der Waals surface area contributed by atoms with Gasteiger partial charge in [-0.3, -0.25) is 0 Å². The molecule has 5 rings (SSSR count). The van der Waals surface area contributed by atoms with Crippen molar-refractivity contribution in [1.82, 2.24) is 0 Å². The van der Waals surface area contributed by atoms with Crippen LogP contribution in [0.25, 0.3) is 0 Å². The molecule has 0 radical (unpaired) electrons. The molecule has 184 valence electrons. The fraction of sp³-hybridized carbons (Fsp3) is 0.194. The van der Waals surface area contributed by atoms with Crippen LogP contribution in [-0.4, -0.2) is 12.6 Å². The number of benzene rings is 4. The predicted octanol–water partition coefficient (Wildman–Crippen LogP) is 8.10. The van der Waals surface area contributed by atoms with E-state index in [4.69, 9.17) is 9.47 Å². The van der Waals surface area contributed by atoms with Gasteiger partial charge in [-0.2, -0.15) is 10.9 Å². The predicted molar refractivity (Wildman–Crippen MR) is 148 cm³/mol. The zero-order chi connectivity index (χ0) is 25.3. The lowest BCUT2D eigenvalue weighted by Gasteiger charge is -2.32. The zero-order valence-corrected chi connectivity index (χ0v) is 22.7. The van der Waals surface area contributed by atoms with Crippen molar-refractivity contribution in [2.75, 3.05) is 6.61 Å². The first-order valence-electron chi connectivity index (χ1n) is 12.0. The van der Waals surface area contributed by atoms with Gasteiger partial charge in [0.2, 0.25) is 0 Å². The molecule has 5 heteroatoms. The van der Waals surface area contributed by atoms with Gasteiger partial charge in [-0.25, -0.2) is 4.79 Å². The van der Waals surface area contributed by atoms with E-state index >= 15 is 0 Å². The lowest BCUT2D eigenvalue weighted by molar-refractivity contribution is -0.159. The molecule has 1 heterocycles. The van der Waals surface area contributed by atoms with E-state index in [9.17, 15) is 4.79 Å². The van der Waals surface area contributed by atoms with Crippen LogP contribution >= 0.6 is 22.7 Å². The van der Waals surface area contributed by atoms with Gasteiger partial charge in [0.1, 0.15) is 11.4 Å². The molecule has 3 nitrogen and oxygen atoms in total. The Morgan fingerprint density at radius 2 is 1.33 bits per heavy atom. The molecule has 0 amide bonds. The fourth-order valence-corrected chi connectivity index (χ4v) is 8.83. The minimum Gasteiger partial charge on any atom is -0.481 e. The van der Waals surface area contributed by atoms with Gasteiger partial charge in [0.05, 0.1) is 0 Å². The second-order valence-corrected chi connectivity index (χ2v) is 12.7. The Balaban J connectivity index is 1.38. The molecular formula is C31H30O3S2. The van der Waals surface area contributed by atoms with E-state index in [1.54, 1.807) is 0 Å². The Morgan fingerprint density at radius 3 is 1.92 bits per heavy atom. The largest absolute Gasteiger partial charge is 0.481 e. The van der Waals surface area contributed by atoms with Crippen LogP contribution in [0.15, 0.2) is 115 Å². The lowest BCUT2D eigenvalue weighted by Crippen LogP contribution is -2.28. The van der Waals surface area contributed by atoms with E-state index in [-0.39, 0.29) is 12.6 Å². The maximum Gasteiger partial charge on any atom is 0.345 e. The van der Waals surface area contributed by atoms with Gasteiger partial charge in [-0.1, -0.05) is 66.4 Å². The van der Waals surface area contributed by atoms with Crippen molar-refractivity contribution in [2.45, 2.75) is 57.8 Å². The monoisotopic (exact) mass is 514 g/mol. The second-order valence-electron chi connectivity index (χ2n) is 9.42. The second kappa shape index (κ2) is 10.1. The summed E-state index contributed by atoms with van der Waals surface area (Å²) in [7, 11) is -0.677. The fourth-order valence-electron chi connectivity index (χ4n) is 4.61.